The van der Waals surface area contributed by atoms with Gasteiger partial charge in [-0.2, -0.15) is 0 Å². The van der Waals surface area contributed by atoms with E-state index in [-0.39, 0.29) is 17.5 Å². The van der Waals surface area contributed by atoms with Gasteiger partial charge < -0.3 is 10.6 Å². The van der Waals surface area contributed by atoms with E-state index < -0.39 is 5.82 Å². The highest BCUT2D eigenvalue weighted by Crippen LogP contribution is 2.18. The van der Waals surface area contributed by atoms with Crippen molar-refractivity contribution in [2.24, 2.45) is 0 Å². The number of benzene rings is 1. The number of amides is 1. The molecule has 5 heteroatoms. The minimum Gasteiger partial charge on any atom is -0.352 e. The molecule has 0 heterocycles. The molecule has 1 aromatic rings. The van der Waals surface area contributed by atoms with E-state index in [9.17, 15) is 9.18 Å². The van der Waals surface area contributed by atoms with Gasteiger partial charge in [0.2, 0.25) is 5.91 Å². The van der Waals surface area contributed by atoms with Gasteiger partial charge in [-0.3, -0.25) is 4.79 Å². The van der Waals surface area contributed by atoms with Crippen LogP contribution in [-0.2, 0) is 11.3 Å². The summed E-state index contributed by atoms with van der Waals surface area (Å²) in [5.41, 5.74) is 0.770. The summed E-state index contributed by atoms with van der Waals surface area (Å²) in [5.74, 6) is -0.449. The highest BCUT2D eigenvalue weighted by atomic mass is 35.5. The fraction of sp³-hybridized carbons (Fsp3) is 0.417. The molecule has 2 rings (SSSR count). The van der Waals surface area contributed by atoms with E-state index >= 15 is 0 Å². The minimum absolute atomic E-state index is 0.0121. The van der Waals surface area contributed by atoms with Crippen molar-refractivity contribution in [1.82, 2.24) is 10.6 Å². The van der Waals surface area contributed by atoms with Crippen LogP contribution in [0.4, 0.5) is 4.39 Å². The first-order valence-electron chi connectivity index (χ1n) is 5.59. The summed E-state index contributed by atoms with van der Waals surface area (Å²) in [4.78, 5) is 11.3. The van der Waals surface area contributed by atoms with Crippen LogP contribution >= 0.6 is 11.6 Å². The van der Waals surface area contributed by atoms with E-state index in [0.29, 0.717) is 12.6 Å². The summed E-state index contributed by atoms with van der Waals surface area (Å²) in [7, 11) is 0. The number of hydrogen-bond donors (Lipinski definition) is 2. The normalized spacial score (nSPS) is 14.7. The van der Waals surface area contributed by atoms with Crippen LogP contribution in [0, 0.1) is 5.82 Å². The standard InChI is InChI=1S/C12H14ClFN2O/c13-10-4-1-8(5-11(10)14)6-15-7-12(17)16-9-2-3-9/h1,4-5,9,15H,2-3,6-7H2,(H,16,17). The molecule has 1 amide bonds. The van der Waals surface area contributed by atoms with Crippen molar-refractivity contribution in [3.05, 3.63) is 34.6 Å². The lowest BCUT2D eigenvalue weighted by Gasteiger charge is -2.06. The molecule has 1 fully saturated rings. The van der Waals surface area contributed by atoms with Gasteiger partial charge in [0.25, 0.3) is 0 Å². The van der Waals surface area contributed by atoms with Gasteiger partial charge in [0.15, 0.2) is 0 Å². The fourth-order valence-electron chi connectivity index (χ4n) is 1.48. The predicted molar refractivity (Wildman–Crippen MR) is 64.3 cm³/mol. The van der Waals surface area contributed by atoms with Crippen LogP contribution < -0.4 is 10.6 Å². The molecule has 17 heavy (non-hydrogen) atoms. The van der Waals surface area contributed by atoms with Crippen LogP contribution in [0.1, 0.15) is 18.4 Å². The van der Waals surface area contributed by atoms with Crippen LogP contribution in [0.15, 0.2) is 18.2 Å². The Hall–Kier alpha value is -1.13. The van der Waals surface area contributed by atoms with Gasteiger partial charge in [0, 0.05) is 12.6 Å². The lowest BCUT2D eigenvalue weighted by Crippen LogP contribution is -2.34. The quantitative estimate of drug-likeness (QED) is 0.844. The molecule has 0 radical (unpaired) electrons. The zero-order chi connectivity index (χ0) is 12.3. The molecule has 1 aliphatic carbocycles. The summed E-state index contributed by atoms with van der Waals surface area (Å²) in [5, 5.41) is 5.93. The first-order valence-corrected chi connectivity index (χ1v) is 5.97. The molecule has 0 aromatic heterocycles. The molecule has 3 nitrogen and oxygen atoms in total. The molecular formula is C12H14ClFN2O. The summed E-state index contributed by atoms with van der Waals surface area (Å²) < 4.78 is 13.1. The van der Waals surface area contributed by atoms with Crippen molar-refractivity contribution in [2.45, 2.75) is 25.4 Å². The number of carbonyl (C=O) groups is 1. The summed E-state index contributed by atoms with van der Waals surface area (Å²) in [6.45, 7) is 0.701. The lowest BCUT2D eigenvalue weighted by molar-refractivity contribution is -0.120. The Morgan fingerprint density at radius 1 is 1.47 bits per heavy atom. The number of carbonyl (C=O) groups excluding carboxylic acids is 1. The summed E-state index contributed by atoms with van der Waals surface area (Å²) in [6, 6.07) is 4.99. The predicted octanol–water partition coefficient (Wildman–Crippen LogP) is 1.85. The largest absolute Gasteiger partial charge is 0.352 e. The van der Waals surface area contributed by atoms with Gasteiger partial charge in [-0.1, -0.05) is 17.7 Å². The van der Waals surface area contributed by atoms with Crippen LogP contribution in [0.5, 0.6) is 0 Å². The Morgan fingerprint density at radius 3 is 2.88 bits per heavy atom. The van der Waals surface area contributed by atoms with Crippen LogP contribution in [-0.4, -0.2) is 18.5 Å². The maximum atomic E-state index is 13.1. The van der Waals surface area contributed by atoms with Gasteiger partial charge >= 0.3 is 0 Å². The second-order valence-electron chi connectivity index (χ2n) is 4.19. The maximum Gasteiger partial charge on any atom is 0.234 e. The van der Waals surface area contributed by atoms with Gasteiger partial charge in [-0.15, -0.1) is 0 Å². The van der Waals surface area contributed by atoms with Gasteiger partial charge in [-0.05, 0) is 30.5 Å². The van der Waals surface area contributed by atoms with Gasteiger partial charge in [-0.25, -0.2) is 4.39 Å². The molecule has 0 unspecified atom stereocenters. The Morgan fingerprint density at radius 2 is 2.24 bits per heavy atom. The second-order valence-corrected chi connectivity index (χ2v) is 4.60. The Balaban J connectivity index is 1.73. The van der Waals surface area contributed by atoms with Crippen molar-refractivity contribution in [3.8, 4) is 0 Å². The molecular weight excluding hydrogens is 243 g/mol. The molecule has 92 valence electrons. The molecule has 0 spiro atoms. The van der Waals surface area contributed by atoms with E-state index in [1.807, 2.05) is 0 Å². The smallest absolute Gasteiger partial charge is 0.234 e. The molecule has 1 aliphatic rings. The Kier molecular flexibility index (Phi) is 3.97. The first-order chi connectivity index (χ1) is 8.15. The molecule has 0 saturated heterocycles. The fourth-order valence-corrected chi connectivity index (χ4v) is 1.59. The Bertz CT molecular complexity index is 421. The van der Waals surface area contributed by atoms with Gasteiger partial charge in [0.1, 0.15) is 5.82 Å². The van der Waals surface area contributed by atoms with Gasteiger partial charge in [0.05, 0.1) is 11.6 Å². The zero-order valence-corrected chi connectivity index (χ0v) is 10.1. The van der Waals surface area contributed by atoms with E-state index in [1.165, 1.54) is 12.1 Å². The van der Waals surface area contributed by atoms with Crippen molar-refractivity contribution in [2.75, 3.05) is 6.54 Å². The van der Waals surface area contributed by atoms with Crippen molar-refractivity contribution < 1.29 is 9.18 Å². The maximum absolute atomic E-state index is 13.1. The van der Waals surface area contributed by atoms with E-state index in [0.717, 1.165) is 18.4 Å². The molecule has 0 bridgehead atoms. The lowest BCUT2D eigenvalue weighted by atomic mass is 10.2. The molecule has 1 saturated carbocycles. The van der Waals surface area contributed by atoms with Crippen molar-refractivity contribution in [1.29, 1.82) is 0 Å². The third kappa shape index (κ3) is 3.98. The van der Waals surface area contributed by atoms with Crippen molar-refractivity contribution >= 4 is 17.5 Å². The topological polar surface area (TPSA) is 41.1 Å². The number of rotatable bonds is 5. The number of nitrogens with one attached hydrogen (secondary N) is 2. The Labute approximate surface area is 104 Å². The summed E-state index contributed by atoms with van der Waals surface area (Å²) >= 11 is 5.57. The monoisotopic (exact) mass is 256 g/mol. The number of hydrogen-bond acceptors (Lipinski definition) is 2. The van der Waals surface area contributed by atoms with E-state index in [2.05, 4.69) is 10.6 Å². The summed E-state index contributed by atoms with van der Waals surface area (Å²) in [6.07, 6.45) is 2.16. The zero-order valence-electron chi connectivity index (χ0n) is 9.30. The third-order valence-electron chi connectivity index (χ3n) is 2.54. The third-order valence-corrected chi connectivity index (χ3v) is 2.85. The minimum atomic E-state index is -0.437. The van der Waals surface area contributed by atoms with Crippen LogP contribution in [0.2, 0.25) is 5.02 Å². The molecule has 1 aromatic carbocycles. The SMILES string of the molecule is O=C(CNCc1ccc(Cl)c(F)c1)NC1CC1. The number of halogens is 2. The average Bonchev–Trinajstić information content (AvgIpc) is 3.07. The van der Waals surface area contributed by atoms with Crippen LogP contribution in [0.3, 0.4) is 0 Å². The molecule has 2 N–H and O–H groups in total. The van der Waals surface area contributed by atoms with Crippen LogP contribution in [0.25, 0.3) is 0 Å². The van der Waals surface area contributed by atoms with E-state index in [1.54, 1.807) is 6.07 Å². The van der Waals surface area contributed by atoms with Crippen molar-refractivity contribution in [3.63, 3.8) is 0 Å². The molecule has 0 atom stereocenters. The highest BCUT2D eigenvalue weighted by molar-refractivity contribution is 6.30. The highest BCUT2D eigenvalue weighted by Gasteiger charge is 2.22. The van der Waals surface area contributed by atoms with E-state index in [4.69, 9.17) is 11.6 Å². The molecule has 0 aliphatic heterocycles. The second kappa shape index (κ2) is 5.47. The first kappa shape index (κ1) is 12.3. The average molecular weight is 257 g/mol.